The van der Waals surface area contributed by atoms with E-state index in [0.717, 1.165) is 5.92 Å². The van der Waals surface area contributed by atoms with E-state index in [9.17, 15) is 0 Å². The minimum atomic E-state index is 0.465. The van der Waals surface area contributed by atoms with E-state index in [-0.39, 0.29) is 0 Å². The van der Waals surface area contributed by atoms with Gasteiger partial charge >= 0.3 is 0 Å². The zero-order valence-corrected chi connectivity index (χ0v) is 13.6. The van der Waals surface area contributed by atoms with Crippen LogP contribution in [0.4, 0.5) is 0 Å². The van der Waals surface area contributed by atoms with E-state index in [1.165, 1.54) is 41.2 Å². The van der Waals surface area contributed by atoms with Gasteiger partial charge in [-0.05, 0) is 66.0 Å². The molecule has 0 heterocycles. The molecule has 1 nitrogen and oxygen atoms in total. The van der Waals surface area contributed by atoms with Crippen LogP contribution in [0.15, 0.2) is 24.3 Å². The molecule has 18 heavy (non-hydrogen) atoms. The van der Waals surface area contributed by atoms with Crippen LogP contribution < -0.4 is 5.32 Å². The molecule has 1 fully saturated rings. The lowest BCUT2D eigenvalue weighted by Gasteiger charge is -2.27. The monoisotopic (exact) mass is 357 g/mol. The normalized spacial score (nSPS) is 26.6. The van der Waals surface area contributed by atoms with Crippen molar-refractivity contribution in [2.24, 2.45) is 5.92 Å². The largest absolute Gasteiger partial charge is 0.307 e. The number of hydrogen-bond donors (Lipinski definition) is 1. The average Bonchev–Trinajstić information content (AvgIpc) is 2.56. The van der Waals surface area contributed by atoms with Crippen molar-refractivity contribution in [3.8, 4) is 0 Å². The first kappa shape index (κ1) is 14.3. The van der Waals surface area contributed by atoms with Gasteiger partial charge < -0.3 is 5.32 Å². The minimum Gasteiger partial charge on any atom is -0.307 e. The molecule has 1 aromatic carbocycles. The van der Waals surface area contributed by atoms with Crippen LogP contribution in [0.25, 0.3) is 0 Å². The van der Waals surface area contributed by atoms with Crippen molar-refractivity contribution >= 4 is 22.6 Å². The van der Waals surface area contributed by atoms with Gasteiger partial charge in [-0.2, -0.15) is 0 Å². The molecule has 0 aliphatic heterocycles. The van der Waals surface area contributed by atoms with E-state index in [4.69, 9.17) is 0 Å². The molecule has 2 heteroatoms. The van der Waals surface area contributed by atoms with Crippen molar-refractivity contribution in [3.05, 3.63) is 33.4 Å². The molecule has 3 unspecified atom stereocenters. The van der Waals surface area contributed by atoms with Crippen LogP contribution in [0.2, 0.25) is 0 Å². The highest BCUT2D eigenvalue weighted by molar-refractivity contribution is 14.1. The maximum absolute atomic E-state index is 3.84. The lowest BCUT2D eigenvalue weighted by Crippen LogP contribution is -2.36. The summed E-state index contributed by atoms with van der Waals surface area (Å²) in [4.78, 5) is 0. The van der Waals surface area contributed by atoms with Crippen molar-refractivity contribution < 1.29 is 0 Å². The molecule has 1 aliphatic rings. The molecule has 0 radical (unpaired) electrons. The summed E-state index contributed by atoms with van der Waals surface area (Å²) in [5.74, 6) is 0.818. The Morgan fingerprint density at radius 2 is 1.78 bits per heavy atom. The van der Waals surface area contributed by atoms with Crippen molar-refractivity contribution in [1.82, 2.24) is 5.32 Å². The highest BCUT2D eigenvalue weighted by atomic mass is 127. The zero-order valence-electron chi connectivity index (χ0n) is 11.5. The molecule has 0 saturated heterocycles. The van der Waals surface area contributed by atoms with Crippen LogP contribution in [-0.2, 0) is 0 Å². The van der Waals surface area contributed by atoms with Crippen molar-refractivity contribution in [1.29, 1.82) is 0 Å². The molecule has 1 N–H and O–H groups in total. The highest BCUT2D eigenvalue weighted by Gasteiger charge is 2.21. The fourth-order valence-corrected chi connectivity index (χ4v) is 3.27. The van der Waals surface area contributed by atoms with Gasteiger partial charge in [0.05, 0.1) is 0 Å². The zero-order chi connectivity index (χ0) is 13.0. The third-order valence-corrected chi connectivity index (χ3v) is 4.91. The Morgan fingerprint density at radius 1 is 1.11 bits per heavy atom. The molecule has 0 amide bonds. The van der Waals surface area contributed by atoms with E-state index < -0.39 is 0 Å². The van der Waals surface area contributed by atoms with E-state index in [1.807, 2.05) is 0 Å². The first-order valence-electron chi connectivity index (χ1n) is 7.18. The molecule has 1 aromatic rings. The third-order valence-electron chi connectivity index (χ3n) is 4.20. The van der Waals surface area contributed by atoms with Gasteiger partial charge in [-0.1, -0.05) is 38.3 Å². The number of benzene rings is 1. The molecule has 3 atom stereocenters. The van der Waals surface area contributed by atoms with Gasteiger partial charge in [0.25, 0.3) is 0 Å². The number of hydrogen-bond acceptors (Lipinski definition) is 1. The first-order valence-corrected chi connectivity index (χ1v) is 8.26. The topological polar surface area (TPSA) is 12.0 Å². The number of rotatable bonds is 3. The number of halogens is 1. The fourth-order valence-electron chi connectivity index (χ4n) is 2.91. The Balaban J connectivity index is 1.97. The summed E-state index contributed by atoms with van der Waals surface area (Å²) >= 11 is 2.36. The highest BCUT2D eigenvalue weighted by Crippen LogP contribution is 2.25. The fraction of sp³-hybridized carbons (Fsp3) is 0.625. The molecule has 1 saturated carbocycles. The first-order chi connectivity index (χ1) is 8.66. The lowest BCUT2D eigenvalue weighted by atomic mass is 9.95. The Bertz CT molecular complexity index is 360. The Labute approximate surface area is 125 Å². The quantitative estimate of drug-likeness (QED) is 0.599. The molecule has 0 bridgehead atoms. The van der Waals surface area contributed by atoms with E-state index in [2.05, 4.69) is 66.0 Å². The van der Waals surface area contributed by atoms with Gasteiger partial charge in [-0.3, -0.25) is 0 Å². The third kappa shape index (κ3) is 3.95. The van der Waals surface area contributed by atoms with Crippen molar-refractivity contribution in [3.63, 3.8) is 0 Å². The average molecular weight is 357 g/mol. The lowest BCUT2D eigenvalue weighted by molar-refractivity contribution is 0.330. The van der Waals surface area contributed by atoms with Gasteiger partial charge in [-0.25, -0.2) is 0 Å². The van der Waals surface area contributed by atoms with Gasteiger partial charge in [0.2, 0.25) is 0 Å². The molecule has 0 aromatic heterocycles. The van der Waals surface area contributed by atoms with E-state index in [0.29, 0.717) is 12.1 Å². The SMILES string of the molecule is CC(NC1CCCCCC1C)c1ccc(I)cc1. The van der Waals surface area contributed by atoms with Crippen molar-refractivity contribution in [2.45, 2.75) is 58.0 Å². The predicted octanol–water partition coefficient (Wildman–Crippen LogP) is 4.91. The molecule has 0 spiro atoms. The van der Waals surface area contributed by atoms with Crippen LogP contribution >= 0.6 is 22.6 Å². The summed E-state index contributed by atoms with van der Waals surface area (Å²) < 4.78 is 1.31. The number of nitrogens with one attached hydrogen (secondary N) is 1. The van der Waals surface area contributed by atoms with E-state index >= 15 is 0 Å². The van der Waals surface area contributed by atoms with E-state index in [1.54, 1.807) is 0 Å². The maximum atomic E-state index is 3.84. The summed E-state index contributed by atoms with van der Waals surface area (Å²) in [5, 5.41) is 3.84. The van der Waals surface area contributed by atoms with Crippen LogP contribution in [0.3, 0.4) is 0 Å². The minimum absolute atomic E-state index is 0.465. The summed E-state index contributed by atoms with van der Waals surface area (Å²) in [5.41, 5.74) is 1.41. The maximum Gasteiger partial charge on any atom is 0.0294 e. The van der Waals surface area contributed by atoms with Crippen LogP contribution in [-0.4, -0.2) is 6.04 Å². The van der Waals surface area contributed by atoms with Gasteiger partial charge in [-0.15, -0.1) is 0 Å². The summed E-state index contributed by atoms with van der Waals surface area (Å²) in [7, 11) is 0. The van der Waals surface area contributed by atoms with Gasteiger partial charge in [0, 0.05) is 15.7 Å². The molecule has 100 valence electrons. The summed E-state index contributed by atoms with van der Waals surface area (Å²) in [6, 6.07) is 10.1. The molecular weight excluding hydrogens is 333 g/mol. The second-order valence-electron chi connectivity index (χ2n) is 5.66. The van der Waals surface area contributed by atoms with Crippen LogP contribution in [0, 0.1) is 9.49 Å². The van der Waals surface area contributed by atoms with Gasteiger partial charge in [0.15, 0.2) is 0 Å². The smallest absolute Gasteiger partial charge is 0.0294 e. The summed E-state index contributed by atoms with van der Waals surface area (Å²) in [6.45, 7) is 4.70. The van der Waals surface area contributed by atoms with Crippen LogP contribution in [0.1, 0.15) is 57.6 Å². The molecule has 2 rings (SSSR count). The second-order valence-corrected chi connectivity index (χ2v) is 6.91. The summed E-state index contributed by atoms with van der Waals surface area (Å²) in [6.07, 6.45) is 6.95. The molecular formula is C16H24IN. The predicted molar refractivity (Wildman–Crippen MR) is 86.7 cm³/mol. The Hall–Kier alpha value is -0.0900. The second kappa shape index (κ2) is 6.90. The van der Waals surface area contributed by atoms with Crippen molar-refractivity contribution in [2.75, 3.05) is 0 Å². The Morgan fingerprint density at radius 3 is 2.50 bits per heavy atom. The Kier molecular flexibility index (Phi) is 5.49. The van der Waals surface area contributed by atoms with Gasteiger partial charge in [0.1, 0.15) is 0 Å². The standard InChI is InChI=1S/C16H24IN/c1-12-6-4-3-5-7-16(12)18-13(2)14-8-10-15(17)11-9-14/h8-13,16,18H,3-7H2,1-2H3. The molecule has 1 aliphatic carbocycles. The van der Waals surface area contributed by atoms with Crippen LogP contribution in [0.5, 0.6) is 0 Å².